The number of nitrogens with one attached hydrogen (secondary N) is 1. The number of benzene rings is 1. The van der Waals surface area contributed by atoms with Gasteiger partial charge in [0.15, 0.2) is 11.0 Å². The number of carbonyl (C=O) groups is 1. The van der Waals surface area contributed by atoms with Crippen molar-refractivity contribution in [2.24, 2.45) is 7.05 Å². The van der Waals surface area contributed by atoms with Gasteiger partial charge in [-0.15, -0.1) is 10.2 Å². The van der Waals surface area contributed by atoms with Crippen molar-refractivity contribution in [3.8, 4) is 11.4 Å². The van der Waals surface area contributed by atoms with E-state index in [9.17, 15) is 14.9 Å². The van der Waals surface area contributed by atoms with E-state index in [0.29, 0.717) is 11.0 Å². The highest BCUT2D eigenvalue weighted by molar-refractivity contribution is 7.99. The third-order valence-electron chi connectivity index (χ3n) is 3.89. The van der Waals surface area contributed by atoms with Crippen molar-refractivity contribution in [1.29, 1.82) is 0 Å². The van der Waals surface area contributed by atoms with Gasteiger partial charge in [-0.25, -0.2) is 0 Å². The van der Waals surface area contributed by atoms with Crippen molar-refractivity contribution in [3.05, 3.63) is 52.0 Å². The first kappa shape index (κ1) is 18.6. The van der Waals surface area contributed by atoms with Crippen LogP contribution in [0, 0.1) is 24.0 Å². The number of hydrogen-bond donors (Lipinski definition) is 1. The predicted molar refractivity (Wildman–Crippen MR) is 101 cm³/mol. The summed E-state index contributed by atoms with van der Waals surface area (Å²) >= 11 is 1.19. The van der Waals surface area contributed by atoms with Crippen molar-refractivity contribution in [2.45, 2.75) is 19.0 Å². The second kappa shape index (κ2) is 7.62. The molecule has 0 bridgehead atoms. The number of nitro groups is 1. The van der Waals surface area contributed by atoms with Gasteiger partial charge in [-0.2, -0.15) is 0 Å². The number of thioether (sulfide) groups is 1. The Morgan fingerprint density at radius 1 is 1.33 bits per heavy atom. The maximum absolute atomic E-state index is 12.2. The van der Waals surface area contributed by atoms with Crippen molar-refractivity contribution in [3.63, 3.8) is 0 Å². The van der Waals surface area contributed by atoms with Gasteiger partial charge in [0.2, 0.25) is 5.91 Å². The number of rotatable bonds is 6. The summed E-state index contributed by atoms with van der Waals surface area (Å²) in [6.45, 7) is 3.58. The van der Waals surface area contributed by atoms with Crippen LogP contribution in [0.2, 0.25) is 0 Å². The Hall–Kier alpha value is -3.14. The van der Waals surface area contributed by atoms with Crippen molar-refractivity contribution in [2.75, 3.05) is 11.1 Å². The standard InChI is InChI=1S/C17H17N5O4S/c1-10-4-5-13(14(8-10)22(24)25)18-15(23)9-27-17-20-19-16(21(17)3)12-6-7-26-11(12)2/h4-8H,9H2,1-3H3,(H,18,23). The molecule has 1 amide bonds. The van der Waals surface area contributed by atoms with Crippen LogP contribution in [0.15, 0.2) is 40.1 Å². The number of hydrogen-bond acceptors (Lipinski definition) is 7. The molecule has 1 N–H and O–H groups in total. The van der Waals surface area contributed by atoms with Crippen LogP contribution in [0.1, 0.15) is 11.3 Å². The molecule has 2 heterocycles. The summed E-state index contributed by atoms with van der Waals surface area (Å²) in [5.74, 6) is 1.04. The monoisotopic (exact) mass is 387 g/mol. The Bertz CT molecular complexity index is 1010. The van der Waals surface area contributed by atoms with E-state index in [0.717, 1.165) is 16.9 Å². The van der Waals surface area contributed by atoms with Gasteiger partial charge in [0.1, 0.15) is 11.4 Å². The minimum absolute atomic E-state index is 0.0430. The Morgan fingerprint density at radius 2 is 2.11 bits per heavy atom. The van der Waals surface area contributed by atoms with Gasteiger partial charge in [-0.3, -0.25) is 14.9 Å². The summed E-state index contributed by atoms with van der Waals surface area (Å²) < 4.78 is 7.05. The number of anilines is 1. The molecule has 0 aliphatic carbocycles. The van der Waals surface area contributed by atoms with Crippen LogP contribution in [0.4, 0.5) is 11.4 Å². The van der Waals surface area contributed by atoms with E-state index in [1.54, 1.807) is 36.9 Å². The van der Waals surface area contributed by atoms with Crippen LogP contribution in [0.3, 0.4) is 0 Å². The number of amides is 1. The number of aryl methyl sites for hydroxylation is 2. The average molecular weight is 387 g/mol. The Morgan fingerprint density at radius 3 is 2.78 bits per heavy atom. The number of nitro benzene ring substituents is 1. The van der Waals surface area contributed by atoms with Crippen molar-refractivity contribution in [1.82, 2.24) is 14.8 Å². The minimum Gasteiger partial charge on any atom is -0.469 e. The fourth-order valence-electron chi connectivity index (χ4n) is 2.51. The quantitative estimate of drug-likeness (QED) is 0.392. The van der Waals surface area contributed by atoms with Crippen LogP contribution >= 0.6 is 11.8 Å². The molecule has 0 atom stereocenters. The summed E-state index contributed by atoms with van der Waals surface area (Å²) in [4.78, 5) is 22.8. The van der Waals surface area contributed by atoms with Gasteiger partial charge in [0.05, 0.1) is 22.5 Å². The zero-order chi connectivity index (χ0) is 19.6. The third kappa shape index (κ3) is 4.00. The van der Waals surface area contributed by atoms with E-state index in [2.05, 4.69) is 15.5 Å². The maximum atomic E-state index is 12.2. The number of carbonyl (C=O) groups excluding carboxylic acids is 1. The first-order valence-corrected chi connectivity index (χ1v) is 8.97. The maximum Gasteiger partial charge on any atom is 0.293 e. The number of aromatic nitrogens is 3. The summed E-state index contributed by atoms with van der Waals surface area (Å²) in [7, 11) is 1.80. The zero-order valence-electron chi connectivity index (χ0n) is 14.9. The van der Waals surface area contributed by atoms with E-state index < -0.39 is 4.92 Å². The van der Waals surface area contributed by atoms with E-state index in [1.165, 1.54) is 23.9 Å². The van der Waals surface area contributed by atoms with Gasteiger partial charge in [0.25, 0.3) is 5.69 Å². The van der Waals surface area contributed by atoms with Crippen LogP contribution < -0.4 is 5.32 Å². The first-order chi connectivity index (χ1) is 12.9. The second-order valence-corrected chi connectivity index (χ2v) is 6.81. The SMILES string of the molecule is Cc1ccc(NC(=O)CSc2nnc(-c3ccoc3C)n2C)c([N+](=O)[O-])c1. The molecular weight excluding hydrogens is 370 g/mol. The summed E-state index contributed by atoms with van der Waals surface area (Å²) in [5.41, 5.74) is 1.61. The molecule has 9 nitrogen and oxygen atoms in total. The van der Waals surface area contributed by atoms with E-state index in [4.69, 9.17) is 4.42 Å². The Labute approximate surface area is 158 Å². The molecular formula is C17H17N5O4S. The Kier molecular flexibility index (Phi) is 5.26. The van der Waals surface area contributed by atoms with Crippen LogP contribution in [0.5, 0.6) is 0 Å². The number of furan rings is 1. The molecule has 27 heavy (non-hydrogen) atoms. The average Bonchev–Trinajstić information content (AvgIpc) is 3.20. The molecule has 0 saturated heterocycles. The lowest BCUT2D eigenvalue weighted by molar-refractivity contribution is -0.384. The molecule has 3 aromatic rings. The summed E-state index contributed by atoms with van der Waals surface area (Å²) in [6.07, 6.45) is 1.58. The summed E-state index contributed by atoms with van der Waals surface area (Å²) in [5, 5.41) is 22.5. The van der Waals surface area contributed by atoms with E-state index >= 15 is 0 Å². The second-order valence-electron chi connectivity index (χ2n) is 5.87. The first-order valence-electron chi connectivity index (χ1n) is 7.98. The predicted octanol–water partition coefficient (Wildman–Crippen LogP) is 3.33. The van der Waals surface area contributed by atoms with Crippen molar-refractivity contribution < 1.29 is 14.1 Å². The van der Waals surface area contributed by atoms with Gasteiger partial charge in [0, 0.05) is 13.1 Å². The molecule has 3 rings (SSSR count). The third-order valence-corrected chi connectivity index (χ3v) is 4.91. The number of nitrogens with zero attached hydrogens (tertiary/aromatic N) is 4. The van der Waals surface area contributed by atoms with Gasteiger partial charge >= 0.3 is 0 Å². The Balaban J connectivity index is 1.68. The van der Waals surface area contributed by atoms with Gasteiger partial charge in [-0.05, 0) is 31.5 Å². The van der Waals surface area contributed by atoms with E-state index in [1.807, 2.05) is 6.92 Å². The fourth-order valence-corrected chi connectivity index (χ4v) is 3.22. The van der Waals surface area contributed by atoms with Gasteiger partial charge < -0.3 is 14.3 Å². The molecule has 0 saturated carbocycles. The zero-order valence-corrected chi connectivity index (χ0v) is 15.7. The highest BCUT2D eigenvalue weighted by Gasteiger charge is 2.18. The molecule has 0 aliphatic heterocycles. The highest BCUT2D eigenvalue weighted by atomic mass is 32.2. The largest absolute Gasteiger partial charge is 0.469 e. The molecule has 2 aromatic heterocycles. The minimum atomic E-state index is -0.516. The van der Waals surface area contributed by atoms with Crippen LogP contribution in [0.25, 0.3) is 11.4 Å². The van der Waals surface area contributed by atoms with Crippen LogP contribution in [-0.4, -0.2) is 31.3 Å². The summed E-state index contributed by atoms with van der Waals surface area (Å²) in [6, 6.07) is 6.46. The normalized spacial score (nSPS) is 10.8. The lowest BCUT2D eigenvalue weighted by Gasteiger charge is -2.07. The molecule has 0 aliphatic rings. The molecule has 0 unspecified atom stereocenters. The van der Waals surface area contributed by atoms with E-state index in [-0.39, 0.29) is 23.0 Å². The smallest absolute Gasteiger partial charge is 0.293 e. The molecule has 0 spiro atoms. The molecule has 0 fully saturated rings. The molecule has 140 valence electrons. The fraction of sp³-hybridized carbons (Fsp3) is 0.235. The lowest BCUT2D eigenvalue weighted by atomic mass is 10.2. The molecule has 10 heteroatoms. The van der Waals surface area contributed by atoms with Gasteiger partial charge in [-0.1, -0.05) is 17.8 Å². The van der Waals surface area contributed by atoms with Crippen LogP contribution in [-0.2, 0) is 11.8 Å². The highest BCUT2D eigenvalue weighted by Crippen LogP contribution is 2.27. The molecule has 0 radical (unpaired) electrons. The lowest BCUT2D eigenvalue weighted by Crippen LogP contribution is -2.15. The molecule has 1 aromatic carbocycles. The van der Waals surface area contributed by atoms with Crippen molar-refractivity contribution >= 4 is 29.0 Å². The topological polar surface area (TPSA) is 116 Å².